The number of benzene rings is 2. The van der Waals surface area contributed by atoms with Crippen molar-refractivity contribution in [2.75, 3.05) is 11.5 Å². The van der Waals surface area contributed by atoms with Crippen molar-refractivity contribution in [3.63, 3.8) is 0 Å². The van der Waals surface area contributed by atoms with Crippen LogP contribution in [0.4, 0.5) is 0 Å². The molecule has 0 amide bonds. The van der Waals surface area contributed by atoms with E-state index in [1.54, 1.807) is 36.4 Å². The van der Waals surface area contributed by atoms with E-state index in [-0.39, 0.29) is 46.2 Å². The van der Waals surface area contributed by atoms with Crippen LogP contribution in [0.3, 0.4) is 0 Å². The first kappa shape index (κ1) is 36.0. The van der Waals surface area contributed by atoms with E-state index < -0.39 is 18.2 Å². The number of thiazole rings is 2. The van der Waals surface area contributed by atoms with Gasteiger partial charge in [-0.15, -0.1) is 46.2 Å². The van der Waals surface area contributed by atoms with E-state index in [0.717, 1.165) is 30.5 Å². The fourth-order valence-electron chi connectivity index (χ4n) is 3.10. The average Bonchev–Trinajstić information content (AvgIpc) is 3.70. The summed E-state index contributed by atoms with van der Waals surface area (Å²) < 4.78 is 1.78. The van der Waals surface area contributed by atoms with Gasteiger partial charge < -0.3 is 25.9 Å². The first-order valence-corrected chi connectivity index (χ1v) is 14.0. The number of carbonyl (C=O) groups excluding carboxylic acids is 2. The molecule has 2 unspecified atom stereocenters. The van der Waals surface area contributed by atoms with Crippen LogP contribution in [0.15, 0.2) is 46.4 Å². The van der Waals surface area contributed by atoms with Gasteiger partial charge in [0.2, 0.25) is 0 Å². The monoisotopic (exact) mass is 649 g/mol. The molecule has 2 aromatic heterocycles. The third kappa shape index (κ3) is 9.52. The Morgan fingerprint density at radius 1 is 0.854 bits per heavy atom. The van der Waals surface area contributed by atoms with Gasteiger partial charge in [0, 0.05) is 21.4 Å². The Morgan fingerprint density at radius 2 is 1.29 bits per heavy atom. The number of carboxylic acids is 1. The third-order valence-corrected chi connectivity index (χ3v) is 9.06. The van der Waals surface area contributed by atoms with Gasteiger partial charge >= 0.3 is 35.2 Å². The zero-order chi connectivity index (χ0) is 28.5. The maximum atomic E-state index is 11.1. The summed E-state index contributed by atoms with van der Waals surface area (Å²) >= 11 is 5.71. The molecular formula is C22H17MgN4O10S4+. The van der Waals surface area contributed by atoms with E-state index in [1.165, 1.54) is 46.2 Å². The number of aliphatic imine (C=N–C) groups is 2. The van der Waals surface area contributed by atoms with Gasteiger partial charge in [0.1, 0.15) is 31.6 Å². The Hall–Kier alpha value is -3.00. The number of phenols is 2. The van der Waals surface area contributed by atoms with Crippen molar-refractivity contribution in [1.29, 1.82) is 0 Å². The molecule has 19 heteroatoms. The first-order chi connectivity index (χ1) is 18.8. The molecule has 0 aliphatic carbocycles. The van der Waals surface area contributed by atoms with Crippen molar-refractivity contribution >= 4 is 112 Å². The number of carbonyl (C=O) groups is 1. The largest absolute Gasteiger partial charge is 2.00 e. The topological polar surface area (TPSA) is 251 Å². The molecule has 2 aromatic carbocycles. The van der Waals surface area contributed by atoms with E-state index in [4.69, 9.17) is 24.6 Å². The van der Waals surface area contributed by atoms with Crippen LogP contribution in [0.5, 0.6) is 11.5 Å². The zero-order valence-electron chi connectivity index (χ0n) is 20.5. The van der Waals surface area contributed by atoms with Crippen molar-refractivity contribution in [3.05, 3.63) is 56.3 Å². The molecule has 4 aromatic rings. The van der Waals surface area contributed by atoms with E-state index in [9.17, 15) is 20.1 Å². The Bertz CT molecular complexity index is 1590. The number of aromatic hydroxyl groups is 2. The van der Waals surface area contributed by atoms with E-state index in [2.05, 4.69) is 20.0 Å². The van der Waals surface area contributed by atoms with Crippen LogP contribution in [0, 0.1) is 9.93 Å². The normalized spacial score (nSPS) is 16.6. The summed E-state index contributed by atoms with van der Waals surface area (Å²) in [5.41, 5.74) is 1.62. The molecule has 0 saturated heterocycles. The molecule has 4 heterocycles. The van der Waals surface area contributed by atoms with Gasteiger partial charge in [-0.05, 0) is 42.6 Å². The molecule has 0 fully saturated rings. The molecule has 2 aliphatic heterocycles. The second-order valence-electron chi connectivity index (χ2n) is 7.22. The Balaban J connectivity index is 0.000000342. The van der Waals surface area contributed by atoms with Gasteiger partial charge in [-0.25, -0.2) is 14.8 Å². The quantitative estimate of drug-likeness (QED) is 0.266. The molecule has 0 saturated carbocycles. The van der Waals surface area contributed by atoms with Crippen molar-refractivity contribution in [2.24, 2.45) is 9.98 Å². The summed E-state index contributed by atoms with van der Waals surface area (Å²) in [4.78, 5) is 58.0. The molecule has 210 valence electrons. The second-order valence-corrected chi connectivity index (χ2v) is 11.3. The maximum Gasteiger partial charge on any atom is 2.00 e. The van der Waals surface area contributed by atoms with Gasteiger partial charge in [-0.1, -0.05) is 0 Å². The molecule has 0 bridgehead atoms. The van der Waals surface area contributed by atoms with Crippen LogP contribution in [0.25, 0.3) is 20.4 Å². The molecule has 0 spiro atoms. The summed E-state index contributed by atoms with van der Waals surface area (Å²) in [7, 11) is 0. The van der Waals surface area contributed by atoms with Crippen molar-refractivity contribution in [1.82, 2.24) is 9.97 Å². The van der Waals surface area contributed by atoms with Gasteiger partial charge in [-0.3, -0.25) is 9.98 Å². The Morgan fingerprint density at radius 3 is 1.68 bits per heavy atom. The van der Waals surface area contributed by atoms with E-state index >= 15 is 0 Å². The van der Waals surface area contributed by atoms with Gasteiger partial charge in [-0.2, -0.15) is 9.59 Å². The predicted octanol–water partition coefficient (Wildman–Crippen LogP) is 1.41. The van der Waals surface area contributed by atoms with Gasteiger partial charge in [0.15, 0.2) is 6.04 Å². The fourth-order valence-corrected chi connectivity index (χ4v) is 7.12. The second kappa shape index (κ2) is 17.1. The summed E-state index contributed by atoms with van der Waals surface area (Å²) in [5.74, 6) is 0.450. The molecular weight excluding hydrogens is 633 g/mol. The van der Waals surface area contributed by atoms with E-state index in [1.807, 2.05) is 0 Å². The molecule has 6 rings (SSSR count). The van der Waals surface area contributed by atoms with Crippen LogP contribution in [0.1, 0.15) is 10.0 Å². The zero-order valence-corrected chi connectivity index (χ0v) is 25.1. The molecule has 0 radical (unpaired) electrons. The average molecular weight is 650 g/mol. The van der Waals surface area contributed by atoms with Crippen molar-refractivity contribution in [2.45, 2.75) is 12.3 Å². The summed E-state index contributed by atoms with van der Waals surface area (Å²) in [6, 6.07) is 9.32. The number of nitrogens with zero attached hydrogens (tertiary/aromatic N) is 4. The minimum Gasteiger partial charge on any atom is -0.834 e. The van der Waals surface area contributed by atoms with Crippen LogP contribution >= 0.6 is 46.2 Å². The number of carboxylic acid groups (broad SMARTS) is 1. The Labute approximate surface area is 262 Å². The van der Waals surface area contributed by atoms with Gasteiger partial charge in [0.25, 0.3) is 0 Å². The molecule has 41 heavy (non-hydrogen) atoms. The minimum absolute atomic E-state index is 0. The predicted molar refractivity (Wildman–Crippen MR) is 157 cm³/mol. The standard InChI is InChI=1S/C11H8N2O3S2.C10H7N2O2S2.CO2.Mg.O2.H2O/c14-5-1-2-6-8(3-5)18-10(12-6)9-13-7(4-17-9)11(15)16;13-5-1-2-6-7(3-5)16-10(11-6)9-12-8(14)4-15-9;2-1-3;;1-2;/h1-3,7,14H,4H2,(H,15,16);1-3,8,13H,4H2;;;;1H2/q;-1;;+2;;. The van der Waals surface area contributed by atoms with Crippen molar-refractivity contribution in [3.8, 4) is 11.5 Å². The van der Waals surface area contributed by atoms with Crippen LogP contribution < -0.4 is 5.11 Å². The van der Waals surface area contributed by atoms with Crippen molar-refractivity contribution < 1.29 is 40.3 Å². The fraction of sp³-hybridized carbons (Fsp3) is 0.182. The maximum absolute atomic E-state index is 11.1. The van der Waals surface area contributed by atoms with Crippen LogP contribution in [0.2, 0.25) is 0 Å². The molecule has 2 aliphatic rings. The summed E-state index contributed by atoms with van der Waals surface area (Å²) in [6.45, 7) is 0. The summed E-state index contributed by atoms with van der Waals surface area (Å²) in [6.07, 6.45) is -0.611. The van der Waals surface area contributed by atoms with E-state index in [0.29, 0.717) is 21.6 Å². The number of fused-ring (bicyclic) bond motifs is 2. The number of phenolic OH excluding ortho intramolecular Hbond substituents is 2. The molecule has 14 nitrogen and oxygen atoms in total. The number of rotatable bonds is 3. The number of hydrogen-bond donors (Lipinski definition) is 3. The number of thioether (sulfide) groups is 2. The number of aliphatic carboxylic acids is 1. The number of aromatic nitrogens is 2. The first-order valence-electron chi connectivity index (χ1n) is 10.4. The van der Waals surface area contributed by atoms with Gasteiger partial charge in [0.05, 0.1) is 20.4 Å². The van der Waals surface area contributed by atoms with Crippen LogP contribution in [-0.4, -0.2) is 99.8 Å². The number of hydrogen-bond acceptors (Lipinski definition) is 16. The summed E-state index contributed by atoms with van der Waals surface area (Å²) in [5, 5.41) is 41.6. The molecule has 5 N–H and O–H groups in total. The Kier molecular flexibility index (Phi) is 15.0. The van der Waals surface area contributed by atoms with Crippen LogP contribution in [-0.2, 0) is 14.4 Å². The minimum atomic E-state index is -0.906. The smallest absolute Gasteiger partial charge is 0.834 e. The third-order valence-electron chi connectivity index (χ3n) is 4.67. The molecule has 2 atom stereocenters. The SMILES string of the molecule is O.O=C(O)C1CSC(c2nc3ccc(O)cc3s2)=N1.O=C=O.O=O.[Mg+2].[O-]C1CSC(c2nc3ccc(O)cc3s2)=N1.